The second kappa shape index (κ2) is 2.63. The maximum absolute atomic E-state index is 11.9. The first-order valence-corrected chi connectivity index (χ1v) is 3.14. The molecular formula is C7H14F2. The molecule has 0 aromatic carbocycles. The number of hydrogen-bond acceptors (Lipinski definition) is 0. The molecule has 0 saturated carbocycles. The zero-order valence-electron chi connectivity index (χ0n) is 6.41. The van der Waals surface area contributed by atoms with Gasteiger partial charge >= 0.3 is 0 Å². The largest absolute Gasteiger partial charge is 0.241 e. The van der Waals surface area contributed by atoms with E-state index in [0.717, 1.165) is 0 Å². The highest BCUT2D eigenvalue weighted by Crippen LogP contribution is 2.29. The summed E-state index contributed by atoms with van der Waals surface area (Å²) in [5.41, 5.74) is -0.270. The fraction of sp³-hybridized carbons (Fsp3) is 1.00. The lowest BCUT2D eigenvalue weighted by molar-refractivity contribution is 0.0274. The molecule has 0 heterocycles. The van der Waals surface area contributed by atoms with Gasteiger partial charge in [-0.3, -0.25) is 0 Å². The fourth-order valence-corrected chi connectivity index (χ4v) is 0.378. The molecule has 0 unspecified atom stereocenters. The molecule has 0 aliphatic rings. The molecule has 0 rings (SSSR count). The van der Waals surface area contributed by atoms with Gasteiger partial charge in [-0.05, 0) is 5.41 Å². The van der Waals surface area contributed by atoms with Gasteiger partial charge in [0, 0.05) is 5.92 Å². The van der Waals surface area contributed by atoms with Gasteiger partial charge < -0.3 is 0 Å². The highest BCUT2D eigenvalue weighted by molar-refractivity contribution is 4.71. The first kappa shape index (κ1) is 8.86. The zero-order chi connectivity index (χ0) is 7.65. The Labute approximate surface area is 55.3 Å². The minimum absolute atomic E-state index is 0.270. The minimum Gasteiger partial charge on any atom is -0.210 e. The first-order chi connectivity index (χ1) is 3.85. The van der Waals surface area contributed by atoms with E-state index in [1.807, 2.05) is 20.8 Å². The average Bonchev–Trinajstić information content (AvgIpc) is 1.62. The van der Waals surface area contributed by atoms with Crippen LogP contribution in [0.15, 0.2) is 0 Å². The van der Waals surface area contributed by atoms with E-state index in [-0.39, 0.29) is 5.41 Å². The van der Waals surface area contributed by atoms with Crippen LogP contribution >= 0.6 is 0 Å². The molecule has 0 aromatic heterocycles. The quantitative estimate of drug-likeness (QED) is 0.520. The number of halogens is 2. The van der Waals surface area contributed by atoms with Crippen LogP contribution in [-0.2, 0) is 0 Å². The van der Waals surface area contributed by atoms with Gasteiger partial charge in [-0.25, -0.2) is 8.78 Å². The predicted octanol–water partition coefficient (Wildman–Crippen LogP) is 2.93. The summed E-state index contributed by atoms with van der Waals surface area (Å²) in [6.45, 7) is 7.04. The third-order valence-corrected chi connectivity index (χ3v) is 1.74. The van der Waals surface area contributed by atoms with Crippen LogP contribution in [0, 0.1) is 11.3 Å². The molecule has 0 aliphatic carbocycles. The monoisotopic (exact) mass is 136 g/mol. The Hall–Kier alpha value is -0.140. The van der Waals surface area contributed by atoms with Gasteiger partial charge in [0.1, 0.15) is 0 Å². The summed E-state index contributed by atoms with van der Waals surface area (Å²) in [5.74, 6) is -0.516. The molecule has 1 atom stereocenters. The summed E-state index contributed by atoms with van der Waals surface area (Å²) >= 11 is 0. The Balaban J connectivity index is 3.88. The summed E-state index contributed by atoms with van der Waals surface area (Å²) in [4.78, 5) is 0. The molecule has 2 heteroatoms. The topological polar surface area (TPSA) is 0 Å². The van der Waals surface area contributed by atoms with E-state index in [2.05, 4.69) is 0 Å². The summed E-state index contributed by atoms with van der Waals surface area (Å²) in [7, 11) is 0. The van der Waals surface area contributed by atoms with Crippen molar-refractivity contribution >= 4 is 0 Å². The normalized spacial score (nSPS) is 16.3. The molecule has 0 amide bonds. The van der Waals surface area contributed by atoms with E-state index in [1.54, 1.807) is 6.92 Å². The van der Waals surface area contributed by atoms with Crippen LogP contribution < -0.4 is 0 Å². The lowest BCUT2D eigenvalue weighted by atomic mass is 9.82. The fourth-order valence-electron chi connectivity index (χ4n) is 0.378. The zero-order valence-corrected chi connectivity index (χ0v) is 6.41. The number of hydrogen-bond donors (Lipinski definition) is 0. The smallest absolute Gasteiger partial charge is 0.210 e. The SMILES string of the molecule is C[C@@H](C(F)F)C(C)(C)C. The predicted molar refractivity (Wildman–Crippen MR) is 34.6 cm³/mol. The lowest BCUT2D eigenvalue weighted by Gasteiger charge is -2.25. The van der Waals surface area contributed by atoms with Crippen LogP contribution in [0.25, 0.3) is 0 Å². The summed E-state index contributed by atoms with van der Waals surface area (Å²) < 4.78 is 23.8. The first-order valence-electron chi connectivity index (χ1n) is 3.14. The molecule has 0 spiro atoms. The van der Waals surface area contributed by atoms with Crippen molar-refractivity contribution < 1.29 is 8.78 Å². The van der Waals surface area contributed by atoms with E-state index in [9.17, 15) is 8.78 Å². The van der Waals surface area contributed by atoms with Crippen molar-refractivity contribution in [2.75, 3.05) is 0 Å². The van der Waals surface area contributed by atoms with Gasteiger partial charge in [-0.1, -0.05) is 27.7 Å². The van der Waals surface area contributed by atoms with Crippen LogP contribution in [0.3, 0.4) is 0 Å². The molecule has 0 N–H and O–H groups in total. The molecular weight excluding hydrogens is 122 g/mol. The van der Waals surface area contributed by atoms with Crippen molar-refractivity contribution in [3.8, 4) is 0 Å². The van der Waals surface area contributed by atoms with Crippen molar-refractivity contribution in [1.82, 2.24) is 0 Å². The highest BCUT2D eigenvalue weighted by Gasteiger charge is 2.27. The van der Waals surface area contributed by atoms with Gasteiger partial charge in [0.2, 0.25) is 6.43 Å². The van der Waals surface area contributed by atoms with Crippen molar-refractivity contribution in [3.05, 3.63) is 0 Å². The Bertz CT molecular complexity index is 81.4. The lowest BCUT2D eigenvalue weighted by Crippen LogP contribution is -2.23. The molecule has 9 heavy (non-hydrogen) atoms. The van der Waals surface area contributed by atoms with Crippen molar-refractivity contribution in [1.29, 1.82) is 0 Å². The number of rotatable bonds is 1. The molecule has 0 radical (unpaired) electrons. The van der Waals surface area contributed by atoms with E-state index in [1.165, 1.54) is 0 Å². The molecule has 0 saturated heterocycles. The standard InChI is InChI=1S/C7H14F2/c1-5(6(8)9)7(2,3)4/h5-6H,1-4H3/t5-/m0/s1. The molecule has 0 nitrogen and oxygen atoms in total. The van der Waals surface area contributed by atoms with Crippen molar-refractivity contribution in [3.63, 3.8) is 0 Å². The Morgan fingerprint density at radius 1 is 1.11 bits per heavy atom. The maximum atomic E-state index is 11.9. The van der Waals surface area contributed by atoms with Crippen LogP contribution in [0.5, 0.6) is 0 Å². The third kappa shape index (κ3) is 2.78. The molecule has 56 valence electrons. The molecule has 0 fully saturated rings. The van der Waals surface area contributed by atoms with Crippen LogP contribution in [0.2, 0.25) is 0 Å². The van der Waals surface area contributed by atoms with E-state index >= 15 is 0 Å². The molecule has 0 bridgehead atoms. The third-order valence-electron chi connectivity index (χ3n) is 1.74. The molecule has 0 aromatic rings. The van der Waals surface area contributed by atoms with E-state index < -0.39 is 12.3 Å². The van der Waals surface area contributed by atoms with E-state index in [0.29, 0.717) is 0 Å². The highest BCUT2D eigenvalue weighted by atomic mass is 19.3. The second-order valence-corrected chi connectivity index (χ2v) is 3.49. The van der Waals surface area contributed by atoms with Gasteiger partial charge in [-0.2, -0.15) is 0 Å². The van der Waals surface area contributed by atoms with Crippen molar-refractivity contribution in [2.45, 2.75) is 34.1 Å². The summed E-state index contributed by atoms with van der Waals surface area (Å²) in [6, 6.07) is 0. The summed E-state index contributed by atoms with van der Waals surface area (Å²) in [6.07, 6.45) is -2.19. The Morgan fingerprint density at radius 3 is 1.44 bits per heavy atom. The van der Waals surface area contributed by atoms with Crippen molar-refractivity contribution in [2.24, 2.45) is 11.3 Å². The summed E-state index contributed by atoms with van der Waals surface area (Å²) in [5, 5.41) is 0. The van der Waals surface area contributed by atoms with Gasteiger partial charge in [0.25, 0.3) is 0 Å². The average molecular weight is 136 g/mol. The van der Waals surface area contributed by atoms with Gasteiger partial charge in [-0.15, -0.1) is 0 Å². The minimum atomic E-state index is -2.19. The Morgan fingerprint density at radius 2 is 1.44 bits per heavy atom. The van der Waals surface area contributed by atoms with Gasteiger partial charge in [0.05, 0.1) is 0 Å². The maximum Gasteiger partial charge on any atom is 0.241 e. The van der Waals surface area contributed by atoms with Crippen LogP contribution in [0.1, 0.15) is 27.7 Å². The number of alkyl halides is 2. The second-order valence-electron chi connectivity index (χ2n) is 3.49. The van der Waals surface area contributed by atoms with Crippen LogP contribution in [-0.4, -0.2) is 6.43 Å². The van der Waals surface area contributed by atoms with Crippen LogP contribution in [0.4, 0.5) is 8.78 Å². The molecule has 0 aliphatic heterocycles. The van der Waals surface area contributed by atoms with Gasteiger partial charge in [0.15, 0.2) is 0 Å². The Kier molecular flexibility index (Phi) is 2.59. The van der Waals surface area contributed by atoms with E-state index in [4.69, 9.17) is 0 Å².